The van der Waals surface area contributed by atoms with E-state index in [4.69, 9.17) is 23.2 Å². The molecule has 0 atom stereocenters. The largest absolute Gasteiger partial charge is 0.505 e. The highest BCUT2D eigenvalue weighted by Crippen LogP contribution is 2.47. The van der Waals surface area contributed by atoms with E-state index in [1.165, 1.54) is 17.0 Å². The van der Waals surface area contributed by atoms with Crippen LogP contribution in [0.1, 0.15) is 38.5 Å². The van der Waals surface area contributed by atoms with Gasteiger partial charge in [-0.3, -0.25) is 9.59 Å². The summed E-state index contributed by atoms with van der Waals surface area (Å²) in [4.78, 5) is 26.2. The molecule has 112 valence electrons. The average molecular weight is 328 g/mol. The van der Waals surface area contributed by atoms with Crippen LogP contribution in [0.4, 0.5) is 5.69 Å². The predicted molar refractivity (Wildman–Crippen MR) is 80.8 cm³/mol. The van der Waals surface area contributed by atoms with E-state index in [0.717, 1.165) is 32.1 Å². The SMILES string of the molecule is O=C1CC2(CCCCC2)C(=O)N1c1cc(Cl)c(O)c(Cl)c1. The van der Waals surface area contributed by atoms with Crippen LogP contribution in [0, 0.1) is 5.41 Å². The Morgan fingerprint density at radius 1 is 1.05 bits per heavy atom. The van der Waals surface area contributed by atoms with Gasteiger partial charge in [0.2, 0.25) is 11.8 Å². The molecule has 0 radical (unpaired) electrons. The fourth-order valence-electron chi connectivity index (χ4n) is 3.36. The van der Waals surface area contributed by atoms with Crippen LogP contribution in [-0.4, -0.2) is 16.9 Å². The number of amides is 2. The maximum Gasteiger partial charge on any atom is 0.240 e. The highest BCUT2D eigenvalue weighted by molar-refractivity contribution is 6.38. The molecular weight excluding hydrogens is 313 g/mol. The van der Waals surface area contributed by atoms with Crippen molar-refractivity contribution in [3.63, 3.8) is 0 Å². The summed E-state index contributed by atoms with van der Waals surface area (Å²) in [6, 6.07) is 2.81. The number of aromatic hydroxyl groups is 1. The first-order valence-corrected chi connectivity index (χ1v) is 7.76. The molecule has 1 aliphatic heterocycles. The van der Waals surface area contributed by atoms with Gasteiger partial charge in [0.05, 0.1) is 21.1 Å². The summed E-state index contributed by atoms with van der Waals surface area (Å²) >= 11 is 11.8. The lowest BCUT2D eigenvalue weighted by molar-refractivity contribution is -0.127. The van der Waals surface area contributed by atoms with Crippen LogP contribution >= 0.6 is 23.2 Å². The normalized spacial score (nSPS) is 21.3. The lowest BCUT2D eigenvalue weighted by Gasteiger charge is -2.30. The summed E-state index contributed by atoms with van der Waals surface area (Å²) < 4.78 is 0. The van der Waals surface area contributed by atoms with E-state index in [1.807, 2.05) is 0 Å². The fraction of sp³-hybridized carbons (Fsp3) is 0.467. The molecule has 21 heavy (non-hydrogen) atoms. The van der Waals surface area contributed by atoms with E-state index >= 15 is 0 Å². The standard InChI is InChI=1S/C15H15Cl2NO3/c16-10-6-9(7-11(17)13(10)20)18-12(19)8-15(14(18)21)4-2-1-3-5-15/h6-7,20H,1-5,8H2. The first-order chi connectivity index (χ1) is 9.94. The van der Waals surface area contributed by atoms with Crippen molar-refractivity contribution in [2.75, 3.05) is 4.90 Å². The molecule has 2 aliphatic rings. The number of imide groups is 1. The highest BCUT2D eigenvalue weighted by Gasteiger charge is 2.52. The molecule has 2 fully saturated rings. The van der Waals surface area contributed by atoms with Crippen LogP contribution in [0.25, 0.3) is 0 Å². The summed E-state index contributed by atoms with van der Waals surface area (Å²) in [7, 11) is 0. The lowest BCUT2D eigenvalue weighted by atomic mass is 9.73. The number of nitrogens with zero attached hydrogens (tertiary/aromatic N) is 1. The minimum atomic E-state index is -0.549. The molecule has 2 amide bonds. The number of benzene rings is 1. The van der Waals surface area contributed by atoms with Crippen molar-refractivity contribution in [2.45, 2.75) is 38.5 Å². The van der Waals surface area contributed by atoms with Crippen molar-refractivity contribution < 1.29 is 14.7 Å². The first-order valence-electron chi connectivity index (χ1n) is 7.00. The summed E-state index contributed by atoms with van der Waals surface area (Å²) in [5, 5.41) is 9.66. The molecule has 1 N–H and O–H groups in total. The molecule has 4 nitrogen and oxygen atoms in total. The van der Waals surface area contributed by atoms with Crippen molar-refractivity contribution in [3.05, 3.63) is 22.2 Å². The third kappa shape index (κ3) is 2.30. The number of anilines is 1. The van der Waals surface area contributed by atoms with Crippen molar-refractivity contribution >= 4 is 40.7 Å². The molecule has 0 bridgehead atoms. The Bertz CT molecular complexity index is 600. The molecule has 1 aromatic carbocycles. The maximum atomic E-state index is 12.8. The van der Waals surface area contributed by atoms with Crippen LogP contribution in [-0.2, 0) is 9.59 Å². The number of rotatable bonds is 1. The molecule has 1 saturated carbocycles. The van der Waals surface area contributed by atoms with Gasteiger partial charge in [0.25, 0.3) is 0 Å². The molecule has 1 saturated heterocycles. The number of hydrogen-bond donors (Lipinski definition) is 1. The number of carbonyl (C=O) groups excluding carboxylic acids is 2. The Kier molecular flexibility index (Phi) is 3.62. The van der Waals surface area contributed by atoms with Crippen LogP contribution in [0.15, 0.2) is 12.1 Å². The summed E-state index contributed by atoms with van der Waals surface area (Å²) in [5.74, 6) is -0.627. The van der Waals surface area contributed by atoms with Crippen molar-refractivity contribution in [1.29, 1.82) is 0 Å². The van der Waals surface area contributed by atoms with Gasteiger partial charge in [-0.05, 0) is 25.0 Å². The van der Waals surface area contributed by atoms with Gasteiger partial charge in [0.15, 0.2) is 5.75 Å². The van der Waals surface area contributed by atoms with Gasteiger partial charge in [-0.1, -0.05) is 42.5 Å². The van der Waals surface area contributed by atoms with Crippen molar-refractivity contribution in [2.24, 2.45) is 5.41 Å². The molecule has 3 rings (SSSR count). The van der Waals surface area contributed by atoms with Crippen LogP contribution < -0.4 is 4.90 Å². The van der Waals surface area contributed by atoms with Gasteiger partial charge in [-0.15, -0.1) is 0 Å². The first kappa shape index (κ1) is 14.7. The third-order valence-electron chi connectivity index (χ3n) is 4.47. The lowest BCUT2D eigenvalue weighted by Crippen LogP contribution is -2.36. The van der Waals surface area contributed by atoms with E-state index in [0.29, 0.717) is 5.69 Å². The quantitative estimate of drug-likeness (QED) is 0.795. The van der Waals surface area contributed by atoms with E-state index in [2.05, 4.69) is 0 Å². The zero-order valence-electron chi connectivity index (χ0n) is 11.4. The number of phenolic OH excluding ortho intramolecular Hbond substituents is 1. The molecule has 1 aromatic rings. The second-order valence-corrected chi connectivity index (χ2v) is 6.62. The topological polar surface area (TPSA) is 57.6 Å². The molecule has 1 spiro atoms. The van der Waals surface area contributed by atoms with Gasteiger partial charge < -0.3 is 5.11 Å². The van der Waals surface area contributed by atoms with Gasteiger partial charge in [-0.2, -0.15) is 0 Å². The van der Waals surface area contributed by atoms with Crippen LogP contribution in [0.2, 0.25) is 10.0 Å². The van der Waals surface area contributed by atoms with Gasteiger partial charge >= 0.3 is 0 Å². The number of hydrogen-bond acceptors (Lipinski definition) is 3. The molecule has 1 heterocycles. The average Bonchev–Trinajstić information content (AvgIpc) is 2.68. The van der Waals surface area contributed by atoms with E-state index in [9.17, 15) is 14.7 Å². The maximum absolute atomic E-state index is 12.8. The Morgan fingerprint density at radius 3 is 2.19 bits per heavy atom. The Morgan fingerprint density at radius 2 is 1.62 bits per heavy atom. The highest BCUT2D eigenvalue weighted by atomic mass is 35.5. The molecule has 0 unspecified atom stereocenters. The zero-order chi connectivity index (χ0) is 15.2. The molecular formula is C15H15Cl2NO3. The Labute approximate surface area is 132 Å². The summed E-state index contributed by atoms with van der Waals surface area (Å²) in [6.07, 6.45) is 4.83. The molecule has 1 aliphatic carbocycles. The molecule has 6 heteroatoms. The van der Waals surface area contributed by atoms with Crippen LogP contribution in [0.3, 0.4) is 0 Å². The zero-order valence-corrected chi connectivity index (χ0v) is 12.9. The van der Waals surface area contributed by atoms with E-state index in [-0.39, 0.29) is 34.0 Å². The van der Waals surface area contributed by atoms with E-state index < -0.39 is 5.41 Å². The summed E-state index contributed by atoms with van der Waals surface area (Å²) in [5.41, 5.74) is -0.216. The minimum Gasteiger partial charge on any atom is -0.505 e. The summed E-state index contributed by atoms with van der Waals surface area (Å²) in [6.45, 7) is 0. The van der Waals surface area contributed by atoms with Crippen molar-refractivity contribution in [1.82, 2.24) is 0 Å². The third-order valence-corrected chi connectivity index (χ3v) is 5.04. The molecule has 0 aromatic heterocycles. The Hall–Kier alpha value is -1.26. The number of phenols is 1. The predicted octanol–water partition coefficient (Wildman–Crippen LogP) is 3.91. The smallest absolute Gasteiger partial charge is 0.240 e. The Balaban J connectivity index is 1.99. The minimum absolute atomic E-state index is 0.0303. The van der Waals surface area contributed by atoms with Crippen molar-refractivity contribution in [3.8, 4) is 5.75 Å². The monoisotopic (exact) mass is 327 g/mol. The second kappa shape index (κ2) is 5.18. The van der Waals surface area contributed by atoms with E-state index in [1.54, 1.807) is 0 Å². The van der Waals surface area contributed by atoms with Crippen LogP contribution in [0.5, 0.6) is 5.75 Å². The fourth-order valence-corrected chi connectivity index (χ4v) is 3.83. The second-order valence-electron chi connectivity index (χ2n) is 5.81. The number of halogens is 2. The number of carbonyl (C=O) groups is 2. The van der Waals surface area contributed by atoms with Gasteiger partial charge in [-0.25, -0.2) is 4.90 Å². The van der Waals surface area contributed by atoms with Gasteiger partial charge in [0.1, 0.15) is 0 Å². The van der Waals surface area contributed by atoms with Gasteiger partial charge in [0, 0.05) is 6.42 Å².